The molecule has 0 N–H and O–H groups in total. The van der Waals surface area contributed by atoms with Gasteiger partial charge < -0.3 is 0 Å². The first-order valence-electron chi connectivity index (χ1n) is 4.06. The van der Waals surface area contributed by atoms with Crippen molar-refractivity contribution in [3.63, 3.8) is 0 Å². The summed E-state index contributed by atoms with van der Waals surface area (Å²) < 4.78 is 0. The minimum atomic E-state index is 1.11. The van der Waals surface area contributed by atoms with Gasteiger partial charge in [0, 0.05) is 0 Å². The van der Waals surface area contributed by atoms with Crippen molar-refractivity contribution in [2.24, 2.45) is 0 Å². The summed E-state index contributed by atoms with van der Waals surface area (Å²) in [6.45, 7) is 4.25. The number of rotatable bonds is 2. The Labute approximate surface area is 68.6 Å². The van der Waals surface area contributed by atoms with E-state index in [1.165, 1.54) is 11.1 Å². The van der Waals surface area contributed by atoms with Gasteiger partial charge in [-0.2, -0.15) is 0 Å². The van der Waals surface area contributed by atoms with E-state index in [0.29, 0.717) is 0 Å². The van der Waals surface area contributed by atoms with Gasteiger partial charge in [-0.15, -0.1) is 0 Å². The quantitative estimate of drug-likeness (QED) is 0.599. The van der Waals surface area contributed by atoms with Gasteiger partial charge in [0.25, 0.3) is 0 Å². The van der Waals surface area contributed by atoms with Gasteiger partial charge in [-0.3, -0.25) is 0 Å². The summed E-state index contributed by atoms with van der Waals surface area (Å²) in [7, 11) is 0. The summed E-state index contributed by atoms with van der Waals surface area (Å²) in [5.74, 6) is 0. The molecule has 0 aromatic heterocycles. The van der Waals surface area contributed by atoms with Gasteiger partial charge in [0.1, 0.15) is 0 Å². The molecule has 0 heteroatoms. The first-order valence-corrected chi connectivity index (χ1v) is 4.06. The fourth-order valence-corrected chi connectivity index (χ4v) is 0.931. The van der Waals surface area contributed by atoms with Crippen LogP contribution in [0.25, 0.3) is 6.08 Å². The highest BCUT2D eigenvalue weighted by atomic mass is 13.9. The minimum Gasteiger partial charge on any atom is -0.0842 e. The molecule has 0 unspecified atom stereocenters. The number of benzene rings is 1. The second-order valence-corrected chi connectivity index (χ2v) is 2.72. The molecular formula is C11H14. The summed E-state index contributed by atoms with van der Waals surface area (Å²) in [5.41, 5.74) is 2.61. The lowest BCUT2D eigenvalue weighted by molar-refractivity contribution is 1.23. The van der Waals surface area contributed by atoms with Gasteiger partial charge in [-0.05, 0) is 18.9 Å². The maximum Gasteiger partial charge on any atom is -0.0260 e. The van der Waals surface area contributed by atoms with Gasteiger partial charge in [0.15, 0.2) is 0 Å². The molecule has 0 atom stereocenters. The van der Waals surface area contributed by atoms with Crippen LogP contribution in [0.3, 0.4) is 0 Å². The molecule has 0 radical (unpaired) electrons. The zero-order valence-electron chi connectivity index (χ0n) is 7.17. The standard InChI is InChI=1S/C11H14/c1-3-4-5-11-8-6-10(2)7-9-11/h4-9H,3H2,1-2H3/b5-4+. The van der Waals surface area contributed by atoms with Crippen molar-refractivity contribution in [1.82, 2.24) is 0 Å². The normalized spacial score (nSPS) is 10.7. The third-order valence-electron chi connectivity index (χ3n) is 1.62. The highest BCUT2D eigenvalue weighted by molar-refractivity contribution is 5.49. The predicted molar refractivity (Wildman–Crippen MR) is 50.5 cm³/mol. The number of aryl methyl sites for hydroxylation is 1. The second-order valence-electron chi connectivity index (χ2n) is 2.72. The molecular weight excluding hydrogens is 132 g/mol. The lowest BCUT2D eigenvalue weighted by Crippen LogP contribution is -1.72. The first kappa shape index (κ1) is 8.06. The van der Waals surface area contributed by atoms with Crippen molar-refractivity contribution in [2.75, 3.05) is 0 Å². The summed E-state index contributed by atoms with van der Waals surface area (Å²) in [5, 5.41) is 0. The lowest BCUT2D eigenvalue weighted by Gasteiger charge is -1.93. The molecule has 0 aliphatic heterocycles. The van der Waals surface area contributed by atoms with Gasteiger partial charge in [-0.1, -0.05) is 48.9 Å². The van der Waals surface area contributed by atoms with Crippen LogP contribution in [0.5, 0.6) is 0 Å². The van der Waals surface area contributed by atoms with Gasteiger partial charge in [0.05, 0.1) is 0 Å². The Kier molecular flexibility index (Phi) is 2.91. The van der Waals surface area contributed by atoms with Crippen molar-refractivity contribution in [3.8, 4) is 0 Å². The number of allylic oxidation sites excluding steroid dienone is 1. The fraction of sp³-hybridized carbons (Fsp3) is 0.273. The average molecular weight is 146 g/mol. The van der Waals surface area contributed by atoms with Crippen LogP contribution in [0, 0.1) is 6.92 Å². The zero-order valence-corrected chi connectivity index (χ0v) is 7.17. The van der Waals surface area contributed by atoms with Crippen LogP contribution < -0.4 is 0 Å². The molecule has 1 rings (SSSR count). The van der Waals surface area contributed by atoms with E-state index in [2.05, 4.69) is 50.3 Å². The molecule has 1 aromatic carbocycles. The van der Waals surface area contributed by atoms with E-state index in [0.717, 1.165) is 6.42 Å². The number of hydrogen-bond donors (Lipinski definition) is 0. The molecule has 0 amide bonds. The van der Waals surface area contributed by atoms with E-state index < -0.39 is 0 Å². The smallest absolute Gasteiger partial charge is 0.0260 e. The van der Waals surface area contributed by atoms with Crippen molar-refractivity contribution in [2.45, 2.75) is 20.3 Å². The molecule has 0 heterocycles. The Bertz CT molecular complexity index is 229. The summed E-state index contributed by atoms with van der Waals surface area (Å²) in [6.07, 6.45) is 5.43. The van der Waals surface area contributed by atoms with Crippen molar-refractivity contribution >= 4 is 6.08 Å². The van der Waals surface area contributed by atoms with E-state index in [9.17, 15) is 0 Å². The molecule has 0 aliphatic carbocycles. The SMILES string of the molecule is CC/C=C/c1ccc(C)cc1. The molecule has 0 fully saturated rings. The van der Waals surface area contributed by atoms with Crippen LogP contribution in [-0.2, 0) is 0 Å². The van der Waals surface area contributed by atoms with Crippen LogP contribution in [0.2, 0.25) is 0 Å². The maximum atomic E-state index is 2.17. The molecule has 0 aliphatic rings. The van der Waals surface area contributed by atoms with Crippen molar-refractivity contribution in [1.29, 1.82) is 0 Å². The minimum absolute atomic E-state index is 1.11. The molecule has 0 bridgehead atoms. The lowest BCUT2D eigenvalue weighted by atomic mass is 10.1. The van der Waals surface area contributed by atoms with E-state index in [1.807, 2.05) is 0 Å². The predicted octanol–water partition coefficient (Wildman–Crippen LogP) is 3.42. The zero-order chi connectivity index (χ0) is 8.10. The summed E-state index contributed by atoms with van der Waals surface area (Å²) >= 11 is 0. The maximum absolute atomic E-state index is 2.17. The molecule has 0 spiro atoms. The monoisotopic (exact) mass is 146 g/mol. The highest BCUT2D eigenvalue weighted by Gasteiger charge is 1.84. The van der Waals surface area contributed by atoms with Crippen molar-refractivity contribution < 1.29 is 0 Å². The van der Waals surface area contributed by atoms with E-state index in [-0.39, 0.29) is 0 Å². The Balaban J connectivity index is 2.73. The van der Waals surface area contributed by atoms with Crippen LogP contribution in [0.4, 0.5) is 0 Å². The Morgan fingerprint density at radius 1 is 1.18 bits per heavy atom. The topological polar surface area (TPSA) is 0 Å². The Morgan fingerprint density at radius 3 is 2.36 bits per heavy atom. The molecule has 58 valence electrons. The van der Waals surface area contributed by atoms with Crippen molar-refractivity contribution in [3.05, 3.63) is 41.5 Å². The van der Waals surface area contributed by atoms with E-state index >= 15 is 0 Å². The second kappa shape index (κ2) is 3.97. The third-order valence-corrected chi connectivity index (χ3v) is 1.62. The summed E-state index contributed by atoms with van der Waals surface area (Å²) in [4.78, 5) is 0. The van der Waals surface area contributed by atoms with E-state index in [4.69, 9.17) is 0 Å². The average Bonchev–Trinajstić information content (AvgIpc) is 2.04. The third kappa shape index (κ3) is 2.58. The van der Waals surface area contributed by atoms with Crippen LogP contribution in [0.15, 0.2) is 30.3 Å². The van der Waals surface area contributed by atoms with Gasteiger partial charge >= 0.3 is 0 Å². The fourth-order valence-electron chi connectivity index (χ4n) is 0.931. The van der Waals surface area contributed by atoms with E-state index in [1.54, 1.807) is 0 Å². The van der Waals surface area contributed by atoms with Crippen LogP contribution in [-0.4, -0.2) is 0 Å². The molecule has 0 saturated carbocycles. The summed E-state index contributed by atoms with van der Waals surface area (Å²) in [6, 6.07) is 8.55. The van der Waals surface area contributed by atoms with Gasteiger partial charge in [-0.25, -0.2) is 0 Å². The van der Waals surface area contributed by atoms with Gasteiger partial charge in [0.2, 0.25) is 0 Å². The molecule has 1 aromatic rings. The largest absolute Gasteiger partial charge is 0.0842 e. The van der Waals surface area contributed by atoms with Crippen LogP contribution in [0.1, 0.15) is 24.5 Å². The first-order chi connectivity index (χ1) is 5.33. The Hall–Kier alpha value is -1.04. The Morgan fingerprint density at radius 2 is 1.82 bits per heavy atom. The molecule has 0 saturated heterocycles. The number of hydrogen-bond acceptors (Lipinski definition) is 0. The molecule has 11 heavy (non-hydrogen) atoms. The van der Waals surface area contributed by atoms with Crippen LogP contribution >= 0.6 is 0 Å². The molecule has 0 nitrogen and oxygen atoms in total. The highest BCUT2D eigenvalue weighted by Crippen LogP contribution is 2.04.